The van der Waals surface area contributed by atoms with Gasteiger partial charge in [0.15, 0.2) is 3.95 Å². The summed E-state index contributed by atoms with van der Waals surface area (Å²) in [7, 11) is 0. The van der Waals surface area contributed by atoms with E-state index in [1.807, 2.05) is 0 Å². The first-order valence-corrected chi connectivity index (χ1v) is 8.71. The van der Waals surface area contributed by atoms with Crippen molar-refractivity contribution in [3.8, 4) is 5.88 Å². The van der Waals surface area contributed by atoms with Gasteiger partial charge < -0.3 is 10.2 Å². The van der Waals surface area contributed by atoms with Crippen molar-refractivity contribution in [1.82, 2.24) is 4.57 Å². The summed E-state index contributed by atoms with van der Waals surface area (Å²) >= 11 is 6.51. The number of aliphatic carboxylic acids is 1. The third kappa shape index (κ3) is 4.84. The molecule has 6 nitrogen and oxygen atoms in total. The highest BCUT2D eigenvalue weighted by molar-refractivity contribution is 7.73. The van der Waals surface area contributed by atoms with Gasteiger partial charge in [-0.1, -0.05) is 13.3 Å². The zero-order valence-electron chi connectivity index (χ0n) is 12.9. The normalized spacial score (nSPS) is 15.3. The van der Waals surface area contributed by atoms with Crippen LogP contribution in [-0.2, 0) is 11.3 Å². The van der Waals surface area contributed by atoms with E-state index in [0.717, 1.165) is 25.1 Å². The van der Waals surface area contributed by atoms with Crippen LogP contribution < -0.4 is 0 Å². The lowest BCUT2D eigenvalue weighted by Gasteiger charge is -2.02. The second-order valence-electron chi connectivity index (χ2n) is 5.16. The van der Waals surface area contributed by atoms with E-state index in [1.54, 1.807) is 16.9 Å². The van der Waals surface area contributed by atoms with Crippen LogP contribution in [0.25, 0.3) is 6.08 Å². The van der Waals surface area contributed by atoms with E-state index < -0.39 is 5.97 Å². The van der Waals surface area contributed by atoms with Gasteiger partial charge in [0, 0.05) is 19.4 Å². The average Bonchev–Trinajstić information content (AvgIpc) is 3.04. The molecule has 0 bridgehead atoms. The number of amidine groups is 1. The molecule has 0 unspecified atom stereocenters. The molecule has 1 aromatic heterocycles. The fourth-order valence-corrected chi connectivity index (χ4v) is 3.40. The summed E-state index contributed by atoms with van der Waals surface area (Å²) in [5.41, 5.74) is 0.695. The second-order valence-corrected chi connectivity index (χ2v) is 6.84. The molecule has 1 aromatic rings. The molecular weight excluding hydrogens is 334 g/mol. The van der Waals surface area contributed by atoms with E-state index in [4.69, 9.17) is 17.3 Å². The number of carboxylic acid groups (broad SMARTS) is 1. The van der Waals surface area contributed by atoms with Crippen molar-refractivity contribution >= 4 is 47.7 Å². The standard InChI is InChI=1S/C15H19N3O3S2/c1-2-3-5-12-16-9-10(17-12)8-11-14(21)18(15(22)23-11)7-4-6-13(19)20/h8-9,21H,2-7H2,1H3,(H,19,20)/b10-8+. The van der Waals surface area contributed by atoms with Gasteiger partial charge in [0.25, 0.3) is 0 Å². The molecule has 0 atom stereocenters. The van der Waals surface area contributed by atoms with Crippen LogP contribution >= 0.6 is 23.6 Å². The Morgan fingerprint density at radius 3 is 2.96 bits per heavy atom. The quantitative estimate of drug-likeness (QED) is 0.695. The second kappa shape index (κ2) is 8.16. The van der Waals surface area contributed by atoms with Crippen LogP contribution in [0.4, 0.5) is 0 Å². The Morgan fingerprint density at radius 1 is 1.48 bits per heavy atom. The summed E-state index contributed by atoms with van der Waals surface area (Å²) in [4.78, 5) is 19.9. The Morgan fingerprint density at radius 2 is 2.26 bits per heavy atom. The van der Waals surface area contributed by atoms with Crippen LogP contribution in [0, 0.1) is 3.95 Å². The molecule has 0 spiro atoms. The molecule has 1 aliphatic rings. The van der Waals surface area contributed by atoms with Gasteiger partial charge >= 0.3 is 5.97 Å². The molecular formula is C15H19N3O3S2. The van der Waals surface area contributed by atoms with E-state index in [-0.39, 0.29) is 12.3 Å². The van der Waals surface area contributed by atoms with Crippen molar-refractivity contribution in [2.24, 2.45) is 9.98 Å². The minimum atomic E-state index is -0.857. The minimum absolute atomic E-state index is 0.0468. The van der Waals surface area contributed by atoms with Crippen LogP contribution in [0.15, 0.2) is 15.7 Å². The predicted octanol–water partition coefficient (Wildman–Crippen LogP) is 3.86. The van der Waals surface area contributed by atoms with Gasteiger partial charge in [-0.2, -0.15) is 0 Å². The van der Waals surface area contributed by atoms with Crippen LogP contribution in [0.2, 0.25) is 0 Å². The number of thiazole rings is 1. The van der Waals surface area contributed by atoms with Crippen LogP contribution in [0.3, 0.4) is 0 Å². The third-order valence-corrected chi connectivity index (χ3v) is 4.69. The molecule has 0 aliphatic carbocycles. The van der Waals surface area contributed by atoms with Gasteiger partial charge in [0.1, 0.15) is 5.84 Å². The van der Waals surface area contributed by atoms with E-state index in [1.165, 1.54) is 11.3 Å². The van der Waals surface area contributed by atoms with E-state index in [2.05, 4.69) is 16.9 Å². The minimum Gasteiger partial charge on any atom is -0.493 e. The van der Waals surface area contributed by atoms with Crippen molar-refractivity contribution in [1.29, 1.82) is 0 Å². The molecule has 1 aliphatic heterocycles. The zero-order valence-corrected chi connectivity index (χ0v) is 14.5. The van der Waals surface area contributed by atoms with Crippen molar-refractivity contribution < 1.29 is 15.0 Å². The summed E-state index contributed by atoms with van der Waals surface area (Å²) in [6.45, 7) is 2.50. The molecule has 0 saturated heterocycles. The maximum Gasteiger partial charge on any atom is 0.303 e. The third-order valence-electron chi connectivity index (χ3n) is 3.30. The maximum absolute atomic E-state index is 10.6. The number of nitrogens with zero attached hydrogens (tertiary/aromatic N) is 3. The zero-order chi connectivity index (χ0) is 16.8. The predicted molar refractivity (Wildman–Crippen MR) is 95.1 cm³/mol. The highest BCUT2D eigenvalue weighted by Gasteiger charge is 2.13. The number of unbranched alkanes of at least 4 members (excludes halogenated alkanes) is 1. The highest BCUT2D eigenvalue weighted by Crippen LogP contribution is 2.29. The number of allylic oxidation sites excluding steroid dienone is 1. The number of carboxylic acids is 1. The number of aliphatic imine (C=N–C) groups is 2. The number of hydrogen-bond acceptors (Lipinski definition) is 6. The Bertz CT molecular complexity index is 729. The van der Waals surface area contributed by atoms with Crippen molar-refractivity contribution in [2.45, 2.75) is 45.6 Å². The van der Waals surface area contributed by atoms with Crippen molar-refractivity contribution in [3.05, 3.63) is 14.5 Å². The van der Waals surface area contributed by atoms with Crippen LogP contribution in [0.5, 0.6) is 5.88 Å². The maximum atomic E-state index is 10.6. The number of carbonyl (C=O) groups is 1. The average molecular weight is 353 g/mol. The van der Waals surface area contributed by atoms with E-state index in [0.29, 0.717) is 27.5 Å². The largest absolute Gasteiger partial charge is 0.493 e. The number of aromatic nitrogens is 1. The smallest absolute Gasteiger partial charge is 0.303 e. The fraction of sp³-hybridized carbons (Fsp3) is 0.467. The van der Waals surface area contributed by atoms with E-state index >= 15 is 0 Å². The molecule has 0 amide bonds. The molecule has 0 saturated carbocycles. The molecule has 2 rings (SSSR count). The van der Waals surface area contributed by atoms with Crippen LogP contribution in [-0.4, -0.2) is 32.8 Å². The molecule has 2 N–H and O–H groups in total. The van der Waals surface area contributed by atoms with Crippen molar-refractivity contribution in [2.75, 3.05) is 0 Å². The number of hydrogen-bond donors (Lipinski definition) is 2. The first kappa shape index (κ1) is 17.6. The Balaban J connectivity index is 2.11. The molecule has 0 aromatic carbocycles. The Hall–Kier alpha value is -1.80. The first-order chi connectivity index (χ1) is 11.0. The first-order valence-electron chi connectivity index (χ1n) is 7.49. The van der Waals surface area contributed by atoms with Gasteiger partial charge in [0.2, 0.25) is 5.88 Å². The fourth-order valence-electron chi connectivity index (χ4n) is 2.10. The number of rotatable bonds is 8. The monoisotopic (exact) mass is 353 g/mol. The molecule has 0 radical (unpaired) electrons. The lowest BCUT2D eigenvalue weighted by atomic mass is 10.2. The van der Waals surface area contributed by atoms with Gasteiger partial charge in [-0.15, -0.1) is 11.3 Å². The lowest BCUT2D eigenvalue weighted by molar-refractivity contribution is -0.137. The summed E-state index contributed by atoms with van der Waals surface area (Å²) in [6.07, 6.45) is 6.90. The Kier molecular flexibility index (Phi) is 6.23. The topological polar surface area (TPSA) is 87.2 Å². The summed E-state index contributed by atoms with van der Waals surface area (Å²) in [5, 5.41) is 18.9. The number of aromatic hydroxyl groups is 1. The van der Waals surface area contributed by atoms with Crippen LogP contribution in [0.1, 0.15) is 43.9 Å². The van der Waals surface area contributed by atoms with E-state index in [9.17, 15) is 9.90 Å². The SMILES string of the molecule is CCCCC1=N/C(=C/c2sc(=S)n(CCCC(=O)O)c2O)C=N1. The summed E-state index contributed by atoms with van der Waals surface area (Å²) in [6, 6.07) is 0. The van der Waals surface area contributed by atoms with Crippen molar-refractivity contribution in [3.63, 3.8) is 0 Å². The lowest BCUT2D eigenvalue weighted by Crippen LogP contribution is -2.01. The Labute approximate surface area is 143 Å². The summed E-state index contributed by atoms with van der Waals surface area (Å²) < 4.78 is 2.08. The van der Waals surface area contributed by atoms with Gasteiger partial charge in [-0.3, -0.25) is 9.36 Å². The van der Waals surface area contributed by atoms with Gasteiger partial charge in [0.05, 0.1) is 16.8 Å². The summed E-state index contributed by atoms with van der Waals surface area (Å²) in [5.74, 6) is 0.00951. The van der Waals surface area contributed by atoms with Gasteiger partial charge in [-0.05, 0) is 31.1 Å². The van der Waals surface area contributed by atoms with Gasteiger partial charge in [-0.25, -0.2) is 9.98 Å². The highest BCUT2D eigenvalue weighted by atomic mass is 32.1. The molecule has 2 heterocycles. The molecule has 124 valence electrons. The molecule has 23 heavy (non-hydrogen) atoms. The molecule has 8 heteroatoms. The molecule has 0 fully saturated rings.